The van der Waals surface area contributed by atoms with Crippen LogP contribution in [0.2, 0.25) is 0 Å². The number of hydrogen-bond donors (Lipinski definition) is 0. The van der Waals surface area contributed by atoms with Crippen molar-refractivity contribution in [3.63, 3.8) is 0 Å². The van der Waals surface area contributed by atoms with E-state index in [4.69, 9.17) is 4.74 Å². The highest BCUT2D eigenvalue weighted by molar-refractivity contribution is 8.00. The maximum atomic E-state index is 11.9. The lowest BCUT2D eigenvalue weighted by Gasteiger charge is -2.05. The first kappa shape index (κ1) is 19.8. The summed E-state index contributed by atoms with van der Waals surface area (Å²) in [6.07, 6.45) is 0. The third-order valence-corrected chi connectivity index (χ3v) is 5.25. The molecule has 0 unspecified atom stereocenters. The van der Waals surface area contributed by atoms with E-state index in [0.29, 0.717) is 24.7 Å². The third kappa shape index (κ3) is 7.90. The van der Waals surface area contributed by atoms with Gasteiger partial charge in [0.2, 0.25) is 0 Å². The van der Waals surface area contributed by atoms with Crippen molar-refractivity contribution in [3.8, 4) is 0 Å². The normalized spacial score (nSPS) is 10.6. The monoisotopic (exact) mass is 374 g/mol. The van der Waals surface area contributed by atoms with Gasteiger partial charge in [0.15, 0.2) is 11.6 Å². The Morgan fingerprint density at radius 3 is 1.48 bits per heavy atom. The summed E-state index contributed by atoms with van der Waals surface area (Å²) in [6.45, 7) is 1.25. The van der Waals surface area contributed by atoms with E-state index in [0.717, 1.165) is 22.6 Å². The van der Waals surface area contributed by atoms with Crippen molar-refractivity contribution in [2.24, 2.45) is 0 Å². The predicted molar refractivity (Wildman–Crippen MR) is 107 cm³/mol. The van der Waals surface area contributed by atoms with Crippen molar-refractivity contribution in [2.45, 2.75) is 0 Å². The van der Waals surface area contributed by atoms with Crippen molar-refractivity contribution < 1.29 is 14.3 Å². The Morgan fingerprint density at radius 2 is 1.08 bits per heavy atom. The lowest BCUT2D eigenvalue weighted by Crippen LogP contribution is -2.07. The number of benzene rings is 2. The molecular weight excluding hydrogens is 352 g/mol. The largest absolute Gasteiger partial charge is 0.380 e. The second-order valence-corrected chi connectivity index (χ2v) is 7.51. The summed E-state index contributed by atoms with van der Waals surface area (Å²) < 4.78 is 5.54. The van der Waals surface area contributed by atoms with Crippen LogP contribution in [0.15, 0.2) is 60.7 Å². The molecule has 0 saturated carbocycles. The quantitative estimate of drug-likeness (QED) is 0.411. The molecule has 3 nitrogen and oxygen atoms in total. The molecule has 0 aliphatic rings. The first-order chi connectivity index (χ1) is 12.3. The zero-order valence-corrected chi connectivity index (χ0v) is 15.7. The molecular formula is C20H22O3S2. The van der Waals surface area contributed by atoms with Crippen LogP contribution in [0, 0.1) is 0 Å². The molecule has 0 N–H and O–H groups in total. The van der Waals surface area contributed by atoms with Crippen LogP contribution in [-0.4, -0.2) is 47.8 Å². The van der Waals surface area contributed by atoms with E-state index < -0.39 is 0 Å². The van der Waals surface area contributed by atoms with Gasteiger partial charge >= 0.3 is 0 Å². The van der Waals surface area contributed by atoms with Gasteiger partial charge in [-0.05, 0) is 0 Å². The van der Waals surface area contributed by atoms with E-state index in [1.165, 1.54) is 0 Å². The van der Waals surface area contributed by atoms with Crippen molar-refractivity contribution >= 4 is 35.1 Å². The van der Waals surface area contributed by atoms with Gasteiger partial charge in [0.1, 0.15) is 0 Å². The average molecular weight is 375 g/mol. The highest BCUT2D eigenvalue weighted by Gasteiger charge is 2.05. The van der Waals surface area contributed by atoms with Gasteiger partial charge in [0.25, 0.3) is 0 Å². The second kappa shape index (κ2) is 11.9. The number of Topliss-reactive ketones (excluding diaryl/α,β-unsaturated/α-hetero) is 2. The number of carbonyl (C=O) groups excluding carboxylic acids is 2. The van der Waals surface area contributed by atoms with Gasteiger partial charge in [-0.15, -0.1) is 0 Å². The fourth-order valence-corrected chi connectivity index (χ4v) is 3.55. The second-order valence-electron chi connectivity index (χ2n) is 5.30. The standard InChI is InChI=1S/C20H22O3S2/c21-19(17-7-3-1-4-8-17)15-24-13-11-23-12-14-25-16-20(22)18-9-5-2-6-10-18/h1-10H,11-16H2. The minimum Gasteiger partial charge on any atom is -0.380 e. The summed E-state index contributed by atoms with van der Waals surface area (Å²) >= 11 is 3.17. The van der Waals surface area contributed by atoms with Gasteiger partial charge in [0.05, 0.1) is 24.7 Å². The lowest BCUT2D eigenvalue weighted by molar-refractivity contribution is 0.101. The van der Waals surface area contributed by atoms with Crippen LogP contribution >= 0.6 is 23.5 Å². The lowest BCUT2D eigenvalue weighted by atomic mass is 10.2. The molecule has 0 heterocycles. The average Bonchev–Trinajstić information content (AvgIpc) is 2.67. The number of hydrogen-bond acceptors (Lipinski definition) is 5. The summed E-state index contributed by atoms with van der Waals surface area (Å²) in [6, 6.07) is 18.7. The fraction of sp³-hybridized carbons (Fsp3) is 0.300. The molecule has 2 aromatic carbocycles. The molecule has 0 atom stereocenters. The third-order valence-electron chi connectivity index (χ3n) is 3.40. The first-order valence-electron chi connectivity index (χ1n) is 8.17. The molecule has 0 aliphatic heterocycles. The zero-order chi connectivity index (χ0) is 17.7. The van der Waals surface area contributed by atoms with Crippen LogP contribution in [-0.2, 0) is 4.74 Å². The molecule has 0 aliphatic carbocycles. The minimum absolute atomic E-state index is 0.153. The van der Waals surface area contributed by atoms with Crippen molar-refractivity contribution in [1.29, 1.82) is 0 Å². The Morgan fingerprint density at radius 1 is 0.680 bits per heavy atom. The molecule has 132 valence electrons. The molecule has 2 rings (SSSR count). The van der Waals surface area contributed by atoms with Crippen molar-refractivity contribution in [1.82, 2.24) is 0 Å². The van der Waals surface area contributed by atoms with E-state index in [9.17, 15) is 9.59 Å². The zero-order valence-electron chi connectivity index (χ0n) is 14.1. The Bertz CT molecular complexity index is 587. The molecule has 5 heteroatoms. The van der Waals surface area contributed by atoms with Gasteiger partial charge in [-0.25, -0.2) is 0 Å². The molecule has 0 fully saturated rings. The maximum Gasteiger partial charge on any atom is 0.172 e. The molecule has 25 heavy (non-hydrogen) atoms. The highest BCUT2D eigenvalue weighted by atomic mass is 32.2. The topological polar surface area (TPSA) is 43.4 Å². The highest BCUT2D eigenvalue weighted by Crippen LogP contribution is 2.09. The molecule has 0 aromatic heterocycles. The molecule has 0 radical (unpaired) electrons. The first-order valence-corrected chi connectivity index (χ1v) is 10.5. The maximum absolute atomic E-state index is 11.9. The van der Waals surface area contributed by atoms with Gasteiger partial charge in [-0.2, -0.15) is 23.5 Å². The molecule has 0 saturated heterocycles. The Kier molecular flexibility index (Phi) is 9.41. The van der Waals surface area contributed by atoms with Crippen LogP contribution in [0.1, 0.15) is 20.7 Å². The fourth-order valence-electron chi connectivity index (χ4n) is 2.08. The van der Waals surface area contributed by atoms with Gasteiger partial charge in [-0.1, -0.05) is 60.7 Å². The minimum atomic E-state index is 0.153. The summed E-state index contributed by atoms with van der Waals surface area (Å²) in [5.74, 6) is 2.86. The summed E-state index contributed by atoms with van der Waals surface area (Å²) in [7, 11) is 0. The molecule has 2 aromatic rings. The van der Waals surface area contributed by atoms with Crippen molar-refractivity contribution in [3.05, 3.63) is 71.8 Å². The van der Waals surface area contributed by atoms with Crippen LogP contribution in [0.5, 0.6) is 0 Å². The summed E-state index contributed by atoms with van der Waals surface area (Å²) in [4.78, 5) is 23.8. The SMILES string of the molecule is O=C(CSCCOCCSCC(=O)c1ccccc1)c1ccccc1. The van der Waals surface area contributed by atoms with Crippen LogP contribution in [0.4, 0.5) is 0 Å². The number of thioether (sulfide) groups is 2. The molecule has 0 amide bonds. The van der Waals surface area contributed by atoms with E-state index in [2.05, 4.69) is 0 Å². The Labute approximate surface area is 157 Å². The molecule has 0 spiro atoms. The van der Waals surface area contributed by atoms with Gasteiger partial charge < -0.3 is 4.74 Å². The molecule has 0 bridgehead atoms. The number of ketones is 2. The summed E-state index contributed by atoms with van der Waals surface area (Å²) in [5, 5.41) is 0. The van der Waals surface area contributed by atoms with E-state index in [1.54, 1.807) is 23.5 Å². The Balaban J connectivity index is 1.45. The van der Waals surface area contributed by atoms with Crippen LogP contribution in [0.25, 0.3) is 0 Å². The van der Waals surface area contributed by atoms with Crippen molar-refractivity contribution in [2.75, 3.05) is 36.2 Å². The predicted octanol–water partition coefficient (Wildman–Crippen LogP) is 4.24. The van der Waals surface area contributed by atoms with Gasteiger partial charge in [-0.3, -0.25) is 9.59 Å². The number of rotatable bonds is 12. The van der Waals surface area contributed by atoms with E-state index in [1.807, 2.05) is 60.7 Å². The smallest absolute Gasteiger partial charge is 0.172 e. The van der Waals surface area contributed by atoms with Crippen LogP contribution in [0.3, 0.4) is 0 Å². The van der Waals surface area contributed by atoms with E-state index >= 15 is 0 Å². The van der Waals surface area contributed by atoms with Crippen LogP contribution < -0.4 is 0 Å². The number of carbonyl (C=O) groups is 2. The van der Waals surface area contributed by atoms with Gasteiger partial charge in [0, 0.05) is 22.6 Å². The summed E-state index contributed by atoms with van der Waals surface area (Å²) in [5.41, 5.74) is 1.52. The van der Waals surface area contributed by atoms with E-state index in [-0.39, 0.29) is 11.6 Å². The number of ether oxygens (including phenoxy) is 1. The Hall–Kier alpha value is -1.56.